The standard InChI is InChI=1S/C23H20N4O3/c1-3-30-20-11-9-19(10-12-20)26-22(28)16-4-7-18(8-5-16)27-23(29)21-13-6-17(14-24)15(2)25-21/h4-13H,3H2,1-2H3,(H,26,28)(H,27,29). The Morgan fingerprint density at radius 3 is 2.10 bits per heavy atom. The second-order valence-corrected chi connectivity index (χ2v) is 6.38. The highest BCUT2D eigenvalue weighted by molar-refractivity contribution is 6.05. The number of hydrogen-bond donors (Lipinski definition) is 2. The first-order chi connectivity index (χ1) is 14.5. The molecule has 0 saturated carbocycles. The van der Waals surface area contributed by atoms with Gasteiger partial charge < -0.3 is 15.4 Å². The Morgan fingerprint density at radius 1 is 0.933 bits per heavy atom. The van der Waals surface area contributed by atoms with Crippen molar-refractivity contribution in [1.29, 1.82) is 5.26 Å². The van der Waals surface area contributed by atoms with Gasteiger partial charge in [0.1, 0.15) is 17.5 Å². The number of amides is 2. The van der Waals surface area contributed by atoms with Crippen LogP contribution in [-0.2, 0) is 0 Å². The third kappa shape index (κ3) is 5.00. The molecule has 0 spiro atoms. The Bertz CT molecular complexity index is 1100. The number of carbonyl (C=O) groups excluding carboxylic acids is 2. The molecule has 0 atom stereocenters. The van der Waals surface area contributed by atoms with Crippen molar-refractivity contribution < 1.29 is 14.3 Å². The molecule has 150 valence electrons. The van der Waals surface area contributed by atoms with Gasteiger partial charge in [0.2, 0.25) is 0 Å². The van der Waals surface area contributed by atoms with Crippen LogP contribution in [0.5, 0.6) is 5.75 Å². The number of aromatic nitrogens is 1. The van der Waals surface area contributed by atoms with Gasteiger partial charge in [-0.2, -0.15) is 5.26 Å². The fourth-order valence-electron chi connectivity index (χ4n) is 2.71. The van der Waals surface area contributed by atoms with Gasteiger partial charge >= 0.3 is 0 Å². The number of aryl methyl sites for hydroxylation is 1. The SMILES string of the molecule is CCOc1ccc(NC(=O)c2ccc(NC(=O)c3ccc(C#N)c(C)n3)cc2)cc1. The molecule has 2 N–H and O–H groups in total. The lowest BCUT2D eigenvalue weighted by Crippen LogP contribution is -2.15. The molecule has 2 aromatic carbocycles. The second-order valence-electron chi connectivity index (χ2n) is 6.38. The molecule has 2 amide bonds. The number of nitrogens with one attached hydrogen (secondary N) is 2. The topological polar surface area (TPSA) is 104 Å². The third-order valence-electron chi connectivity index (χ3n) is 4.27. The molecule has 1 heterocycles. The van der Waals surface area contributed by atoms with Gasteiger partial charge in [-0.3, -0.25) is 9.59 Å². The first-order valence-corrected chi connectivity index (χ1v) is 9.33. The molecule has 3 aromatic rings. The predicted octanol–water partition coefficient (Wildman–Crippen LogP) is 4.17. The lowest BCUT2D eigenvalue weighted by molar-refractivity contribution is 0.101. The van der Waals surface area contributed by atoms with Crippen LogP contribution in [0.2, 0.25) is 0 Å². The first-order valence-electron chi connectivity index (χ1n) is 9.33. The van der Waals surface area contributed by atoms with Crippen molar-refractivity contribution in [2.75, 3.05) is 17.2 Å². The summed E-state index contributed by atoms with van der Waals surface area (Å²) >= 11 is 0. The van der Waals surface area contributed by atoms with Crippen molar-refractivity contribution in [2.45, 2.75) is 13.8 Å². The van der Waals surface area contributed by atoms with Crippen LogP contribution in [0.1, 0.15) is 39.0 Å². The molecule has 0 aliphatic heterocycles. The van der Waals surface area contributed by atoms with Gasteiger partial charge in [-0.1, -0.05) is 0 Å². The summed E-state index contributed by atoms with van der Waals surface area (Å²) in [4.78, 5) is 28.9. The van der Waals surface area contributed by atoms with Gasteiger partial charge in [-0.05, 0) is 74.5 Å². The number of pyridine rings is 1. The molecule has 30 heavy (non-hydrogen) atoms. The second kappa shape index (κ2) is 9.34. The van der Waals surface area contributed by atoms with Crippen LogP contribution in [0.4, 0.5) is 11.4 Å². The molecular weight excluding hydrogens is 380 g/mol. The van der Waals surface area contributed by atoms with E-state index in [1.165, 1.54) is 6.07 Å². The minimum atomic E-state index is -0.394. The van der Waals surface area contributed by atoms with E-state index < -0.39 is 5.91 Å². The molecule has 0 unspecified atom stereocenters. The number of ether oxygens (including phenoxy) is 1. The van der Waals surface area contributed by atoms with Crippen LogP contribution < -0.4 is 15.4 Å². The Hall–Kier alpha value is -4.18. The van der Waals surface area contributed by atoms with Gasteiger partial charge in [0.25, 0.3) is 11.8 Å². The van der Waals surface area contributed by atoms with Crippen molar-refractivity contribution >= 4 is 23.2 Å². The van der Waals surface area contributed by atoms with E-state index in [0.717, 1.165) is 5.75 Å². The van der Waals surface area contributed by atoms with Gasteiger partial charge in [-0.15, -0.1) is 0 Å². The van der Waals surface area contributed by atoms with E-state index in [0.29, 0.717) is 34.8 Å². The van der Waals surface area contributed by atoms with Crippen molar-refractivity contribution in [1.82, 2.24) is 4.98 Å². The number of hydrogen-bond acceptors (Lipinski definition) is 5. The zero-order valence-corrected chi connectivity index (χ0v) is 16.6. The smallest absolute Gasteiger partial charge is 0.274 e. The van der Waals surface area contributed by atoms with Crippen molar-refractivity contribution in [2.24, 2.45) is 0 Å². The van der Waals surface area contributed by atoms with Gasteiger partial charge in [0.15, 0.2) is 0 Å². The van der Waals surface area contributed by atoms with E-state index in [-0.39, 0.29) is 11.6 Å². The molecule has 0 radical (unpaired) electrons. The average Bonchev–Trinajstić information content (AvgIpc) is 2.75. The highest BCUT2D eigenvalue weighted by Gasteiger charge is 2.11. The third-order valence-corrected chi connectivity index (χ3v) is 4.27. The molecule has 0 fully saturated rings. The summed E-state index contributed by atoms with van der Waals surface area (Å²) in [6.45, 7) is 4.16. The lowest BCUT2D eigenvalue weighted by atomic mass is 10.1. The highest BCUT2D eigenvalue weighted by atomic mass is 16.5. The Morgan fingerprint density at radius 2 is 1.53 bits per heavy atom. The molecule has 7 heteroatoms. The maximum absolute atomic E-state index is 12.4. The quantitative estimate of drug-likeness (QED) is 0.646. The summed E-state index contributed by atoms with van der Waals surface area (Å²) in [5.74, 6) is 0.0816. The Balaban J connectivity index is 1.62. The summed E-state index contributed by atoms with van der Waals surface area (Å²) in [7, 11) is 0. The molecule has 0 aliphatic rings. The average molecular weight is 400 g/mol. The molecule has 1 aromatic heterocycles. The summed E-state index contributed by atoms with van der Waals surface area (Å²) in [6.07, 6.45) is 0. The number of anilines is 2. The maximum atomic E-state index is 12.4. The van der Waals surface area contributed by atoms with Crippen LogP contribution in [0.25, 0.3) is 0 Å². The molecule has 3 rings (SSSR count). The number of rotatable bonds is 6. The monoisotopic (exact) mass is 400 g/mol. The van der Waals surface area contributed by atoms with E-state index in [1.54, 1.807) is 61.5 Å². The number of nitriles is 1. The van der Waals surface area contributed by atoms with Crippen LogP contribution in [-0.4, -0.2) is 23.4 Å². The molecule has 7 nitrogen and oxygen atoms in total. The lowest BCUT2D eigenvalue weighted by Gasteiger charge is -2.09. The van der Waals surface area contributed by atoms with Gasteiger partial charge in [-0.25, -0.2) is 4.98 Å². The fourth-order valence-corrected chi connectivity index (χ4v) is 2.71. The summed E-state index contributed by atoms with van der Waals surface area (Å²) < 4.78 is 5.38. The minimum Gasteiger partial charge on any atom is -0.494 e. The van der Waals surface area contributed by atoms with E-state index in [2.05, 4.69) is 15.6 Å². The molecule has 0 saturated heterocycles. The van der Waals surface area contributed by atoms with E-state index >= 15 is 0 Å². The zero-order valence-electron chi connectivity index (χ0n) is 16.6. The Kier molecular flexibility index (Phi) is 6.40. The fraction of sp³-hybridized carbons (Fsp3) is 0.130. The summed E-state index contributed by atoms with van der Waals surface area (Å²) in [6, 6.07) is 18.7. The molecule has 0 bridgehead atoms. The van der Waals surface area contributed by atoms with Crippen molar-refractivity contribution in [3.8, 4) is 11.8 Å². The van der Waals surface area contributed by atoms with E-state index in [1.807, 2.05) is 13.0 Å². The summed E-state index contributed by atoms with van der Waals surface area (Å²) in [5, 5.41) is 14.5. The largest absolute Gasteiger partial charge is 0.494 e. The number of benzene rings is 2. The van der Waals surface area contributed by atoms with Gasteiger partial charge in [0.05, 0.1) is 17.9 Å². The van der Waals surface area contributed by atoms with Crippen LogP contribution in [0.15, 0.2) is 60.7 Å². The van der Waals surface area contributed by atoms with E-state index in [9.17, 15) is 9.59 Å². The highest BCUT2D eigenvalue weighted by Crippen LogP contribution is 2.17. The normalized spacial score (nSPS) is 10.0. The Labute approximate surface area is 174 Å². The van der Waals surface area contributed by atoms with Crippen LogP contribution in [0, 0.1) is 18.3 Å². The predicted molar refractivity (Wildman–Crippen MR) is 114 cm³/mol. The van der Waals surface area contributed by atoms with E-state index in [4.69, 9.17) is 10.00 Å². The van der Waals surface area contributed by atoms with Crippen LogP contribution in [0.3, 0.4) is 0 Å². The summed E-state index contributed by atoms with van der Waals surface area (Å²) in [5.41, 5.74) is 2.77. The van der Waals surface area contributed by atoms with Crippen LogP contribution >= 0.6 is 0 Å². The van der Waals surface area contributed by atoms with Crippen molar-refractivity contribution in [3.63, 3.8) is 0 Å². The zero-order chi connectivity index (χ0) is 21.5. The maximum Gasteiger partial charge on any atom is 0.274 e. The number of nitrogens with zero attached hydrogens (tertiary/aromatic N) is 2. The molecule has 0 aliphatic carbocycles. The number of carbonyl (C=O) groups is 2. The van der Waals surface area contributed by atoms with Crippen molar-refractivity contribution in [3.05, 3.63) is 83.2 Å². The van der Waals surface area contributed by atoms with Gasteiger partial charge in [0, 0.05) is 16.9 Å². The minimum absolute atomic E-state index is 0.212. The molecular formula is C23H20N4O3. The first kappa shape index (κ1) is 20.6.